The van der Waals surface area contributed by atoms with Crippen molar-refractivity contribution in [1.29, 1.82) is 0 Å². The summed E-state index contributed by atoms with van der Waals surface area (Å²) in [5.74, 6) is -0.294. The number of hydrogen-bond donors (Lipinski definition) is 2. The fourth-order valence-corrected chi connectivity index (χ4v) is 4.63. The van der Waals surface area contributed by atoms with E-state index < -0.39 is 20.8 Å². The van der Waals surface area contributed by atoms with Crippen LogP contribution in [0.1, 0.15) is 47.4 Å². The lowest BCUT2D eigenvalue weighted by atomic mass is 9.80. The molecule has 0 bridgehead atoms. The quantitative estimate of drug-likeness (QED) is 0.557. The SMILES string of the molecule is Cc1c(C(CC(C)c2ccccc2)c2ccccc2)ccc(O)c1S(=O)(=O)O. The zero-order chi connectivity index (χ0) is 20.3. The first-order chi connectivity index (χ1) is 13.3. The number of benzene rings is 3. The predicted octanol–water partition coefficient (Wildman–Crippen LogP) is 5.27. The molecule has 0 aliphatic rings. The number of phenols is 1. The summed E-state index contributed by atoms with van der Waals surface area (Å²) in [6.45, 7) is 3.77. The van der Waals surface area contributed by atoms with Crippen molar-refractivity contribution in [2.24, 2.45) is 0 Å². The average molecular weight is 397 g/mol. The molecular weight excluding hydrogens is 372 g/mol. The molecule has 28 heavy (non-hydrogen) atoms. The molecule has 0 fully saturated rings. The van der Waals surface area contributed by atoms with E-state index in [4.69, 9.17) is 0 Å². The van der Waals surface area contributed by atoms with Gasteiger partial charge in [-0.3, -0.25) is 4.55 Å². The molecule has 0 amide bonds. The smallest absolute Gasteiger partial charge is 0.298 e. The van der Waals surface area contributed by atoms with Gasteiger partial charge in [-0.25, -0.2) is 0 Å². The largest absolute Gasteiger partial charge is 0.506 e. The minimum atomic E-state index is -4.53. The van der Waals surface area contributed by atoms with E-state index in [-0.39, 0.29) is 11.8 Å². The number of phenolic OH excluding ortho intramolecular Hbond substituents is 1. The maximum atomic E-state index is 11.8. The average Bonchev–Trinajstić information content (AvgIpc) is 2.67. The molecule has 0 aromatic heterocycles. The molecule has 3 rings (SSSR count). The van der Waals surface area contributed by atoms with Crippen molar-refractivity contribution in [3.63, 3.8) is 0 Å². The van der Waals surface area contributed by atoms with Crippen molar-refractivity contribution in [3.8, 4) is 5.75 Å². The summed E-state index contributed by atoms with van der Waals surface area (Å²) in [7, 11) is -4.53. The maximum Gasteiger partial charge on any atom is 0.298 e. The van der Waals surface area contributed by atoms with Gasteiger partial charge in [0.05, 0.1) is 0 Å². The monoisotopic (exact) mass is 396 g/mol. The van der Waals surface area contributed by atoms with Crippen molar-refractivity contribution in [3.05, 3.63) is 95.1 Å². The van der Waals surface area contributed by atoms with E-state index in [1.807, 2.05) is 48.5 Å². The summed E-state index contributed by atoms with van der Waals surface area (Å²) in [4.78, 5) is -0.418. The molecular formula is C23H24O4S. The fraction of sp³-hybridized carbons (Fsp3) is 0.217. The highest BCUT2D eigenvalue weighted by molar-refractivity contribution is 7.86. The number of hydrogen-bond acceptors (Lipinski definition) is 3. The molecule has 0 saturated carbocycles. The summed E-state index contributed by atoms with van der Waals surface area (Å²) < 4.78 is 33.2. The Hall–Kier alpha value is -2.63. The van der Waals surface area contributed by atoms with E-state index >= 15 is 0 Å². The molecule has 0 aliphatic heterocycles. The second-order valence-corrected chi connectivity index (χ2v) is 8.47. The summed E-state index contributed by atoms with van der Waals surface area (Å²) in [5, 5.41) is 10.0. The Balaban J connectivity index is 2.11. The van der Waals surface area contributed by atoms with Gasteiger partial charge >= 0.3 is 0 Å². The van der Waals surface area contributed by atoms with Gasteiger partial charge in [-0.1, -0.05) is 73.7 Å². The lowest BCUT2D eigenvalue weighted by Crippen LogP contribution is -2.11. The highest BCUT2D eigenvalue weighted by Gasteiger charge is 2.26. The van der Waals surface area contributed by atoms with E-state index in [2.05, 4.69) is 19.1 Å². The third-order valence-corrected chi connectivity index (χ3v) is 6.25. The molecule has 3 aromatic rings. The summed E-state index contributed by atoms with van der Waals surface area (Å²) in [6.07, 6.45) is 0.755. The first-order valence-electron chi connectivity index (χ1n) is 9.19. The molecule has 2 atom stereocenters. The van der Waals surface area contributed by atoms with Gasteiger partial charge in [-0.2, -0.15) is 8.42 Å². The molecule has 2 N–H and O–H groups in total. The molecule has 0 radical (unpaired) electrons. The van der Waals surface area contributed by atoms with Gasteiger partial charge < -0.3 is 5.11 Å². The van der Waals surface area contributed by atoms with Crippen molar-refractivity contribution >= 4 is 10.1 Å². The summed E-state index contributed by atoms with van der Waals surface area (Å²) in [5.41, 5.74) is 3.41. The Morgan fingerprint density at radius 2 is 1.39 bits per heavy atom. The zero-order valence-electron chi connectivity index (χ0n) is 15.9. The molecule has 0 saturated heterocycles. The molecule has 0 spiro atoms. The molecule has 4 nitrogen and oxygen atoms in total. The normalized spacial score (nSPS) is 13.8. The number of aromatic hydroxyl groups is 1. The van der Waals surface area contributed by atoms with Crippen LogP contribution in [0.2, 0.25) is 0 Å². The lowest BCUT2D eigenvalue weighted by Gasteiger charge is -2.25. The lowest BCUT2D eigenvalue weighted by molar-refractivity contribution is 0.441. The minimum Gasteiger partial charge on any atom is -0.506 e. The van der Waals surface area contributed by atoms with Gasteiger partial charge in [-0.05, 0) is 47.6 Å². The van der Waals surface area contributed by atoms with Crippen LogP contribution in [0.4, 0.5) is 0 Å². The van der Waals surface area contributed by atoms with E-state index in [1.165, 1.54) is 11.6 Å². The van der Waals surface area contributed by atoms with Crippen LogP contribution >= 0.6 is 0 Å². The molecule has 5 heteroatoms. The van der Waals surface area contributed by atoms with Crippen LogP contribution in [-0.2, 0) is 10.1 Å². The highest BCUT2D eigenvalue weighted by Crippen LogP contribution is 2.39. The Morgan fingerprint density at radius 3 is 1.93 bits per heavy atom. The van der Waals surface area contributed by atoms with Gasteiger partial charge in [0.25, 0.3) is 10.1 Å². The standard InChI is InChI=1S/C23H24O4S/c1-16(18-9-5-3-6-10-18)15-21(19-11-7-4-8-12-19)20-13-14-22(24)23(17(20)2)28(25,26)27/h3-14,16,21,24H,15H2,1-2H3,(H,25,26,27). The number of rotatable bonds is 6. The highest BCUT2D eigenvalue weighted by atomic mass is 32.2. The molecule has 0 heterocycles. The van der Waals surface area contributed by atoms with E-state index in [9.17, 15) is 18.1 Å². The van der Waals surface area contributed by atoms with Crippen LogP contribution in [0.3, 0.4) is 0 Å². The van der Waals surface area contributed by atoms with E-state index in [0.717, 1.165) is 17.5 Å². The van der Waals surface area contributed by atoms with Crippen LogP contribution in [-0.4, -0.2) is 18.1 Å². The zero-order valence-corrected chi connectivity index (χ0v) is 16.7. The van der Waals surface area contributed by atoms with E-state index in [0.29, 0.717) is 5.56 Å². The Bertz CT molecular complexity index is 1040. The van der Waals surface area contributed by atoms with Crippen molar-refractivity contribution in [2.75, 3.05) is 0 Å². The van der Waals surface area contributed by atoms with Crippen LogP contribution in [0.15, 0.2) is 77.7 Å². The van der Waals surface area contributed by atoms with Gasteiger partial charge in [0.1, 0.15) is 10.6 Å². The Morgan fingerprint density at radius 1 is 0.857 bits per heavy atom. The topological polar surface area (TPSA) is 74.6 Å². The predicted molar refractivity (Wildman–Crippen MR) is 110 cm³/mol. The van der Waals surface area contributed by atoms with Crippen LogP contribution in [0.25, 0.3) is 0 Å². The first kappa shape index (κ1) is 20.1. The van der Waals surface area contributed by atoms with Gasteiger partial charge in [-0.15, -0.1) is 0 Å². The van der Waals surface area contributed by atoms with Crippen molar-refractivity contribution < 1.29 is 18.1 Å². The molecule has 3 aromatic carbocycles. The summed E-state index contributed by atoms with van der Waals surface area (Å²) >= 11 is 0. The fourth-order valence-electron chi connectivity index (χ4n) is 3.79. The van der Waals surface area contributed by atoms with Gasteiger partial charge in [0.15, 0.2) is 0 Å². The van der Waals surface area contributed by atoms with Crippen molar-refractivity contribution in [2.45, 2.75) is 37.0 Å². The minimum absolute atomic E-state index is 0.0856. The first-order valence-corrected chi connectivity index (χ1v) is 10.6. The molecule has 2 unspecified atom stereocenters. The third kappa shape index (κ3) is 4.26. The van der Waals surface area contributed by atoms with E-state index in [1.54, 1.807) is 13.0 Å². The van der Waals surface area contributed by atoms with Crippen LogP contribution in [0.5, 0.6) is 5.75 Å². The Labute approximate surface area is 166 Å². The van der Waals surface area contributed by atoms with Gasteiger partial charge in [0.2, 0.25) is 0 Å². The second-order valence-electron chi connectivity index (χ2n) is 7.11. The molecule has 146 valence electrons. The van der Waals surface area contributed by atoms with Crippen LogP contribution < -0.4 is 0 Å². The van der Waals surface area contributed by atoms with Gasteiger partial charge in [0, 0.05) is 5.92 Å². The van der Waals surface area contributed by atoms with Crippen LogP contribution in [0, 0.1) is 6.92 Å². The maximum absolute atomic E-state index is 11.8. The second kappa shape index (κ2) is 8.17. The summed E-state index contributed by atoms with van der Waals surface area (Å²) in [6, 6.07) is 23.1. The third-order valence-electron chi connectivity index (χ3n) is 5.22. The van der Waals surface area contributed by atoms with Crippen molar-refractivity contribution in [1.82, 2.24) is 0 Å². The molecule has 0 aliphatic carbocycles. The Kier molecular flexibility index (Phi) is 5.87.